The summed E-state index contributed by atoms with van der Waals surface area (Å²) in [5.74, 6) is 0.0488. The normalized spacial score (nSPS) is 10.6. The lowest BCUT2D eigenvalue weighted by Gasteiger charge is -2.11. The second-order valence-electron chi connectivity index (χ2n) is 7.07. The predicted octanol–water partition coefficient (Wildman–Crippen LogP) is 5.79. The van der Waals surface area contributed by atoms with E-state index in [-0.39, 0.29) is 17.6 Å². The van der Waals surface area contributed by atoms with Gasteiger partial charge in [-0.2, -0.15) is 0 Å². The first-order valence-corrected chi connectivity index (χ1v) is 11.7. The molecule has 0 bridgehead atoms. The average molecular weight is 523 g/mol. The number of amides is 2. The first-order valence-electron chi connectivity index (χ1n) is 9.97. The van der Waals surface area contributed by atoms with Crippen LogP contribution in [0.1, 0.15) is 15.9 Å². The summed E-state index contributed by atoms with van der Waals surface area (Å²) >= 11 is 4.54. The first kappa shape index (κ1) is 22.8. The van der Waals surface area contributed by atoms with Crippen molar-refractivity contribution in [2.75, 3.05) is 16.4 Å². The van der Waals surface area contributed by atoms with Gasteiger partial charge in [-0.15, -0.1) is 10.2 Å². The van der Waals surface area contributed by atoms with Crippen molar-refractivity contribution in [2.45, 2.75) is 12.1 Å². The van der Waals surface area contributed by atoms with Gasteiger partial charge in [-0.05, 0) is 61.0 Å². The lowest BCUT2D eigenvalue weighted by molar-refractivity contribution is -0.113. The highest BCUT2D eigenvalue weighted by Crippen LogP contribution is 2.25. The van der Waals surface area contributed by atoms with Gasteiger partial charge in [-0.3, -0.25) is 9.59 Å². The van der Waals surface area contributed by atoms with Gasteiger partial charge in [-0.25, -0.2) is 0 Å². The Balaban J connectivity index is 1.34. The molecular formula is C24H19BrN4O3S. The Morgan fingerprint density at radius 3 is 2.48 bits per heavy atom. The quantitative estimate of drug-likeness (QED) is 0.298. The number of carbonyl (C=O) groups is 2. The van der Waals surface area contributed by atoms with Crippen molar-refractivity contribution < 1.29 is 14.0 Å². The second kappa shape index (κ2) is 10.5. The molecule has 0 saturated carbocycles. The van der Waals surface area contributed by atoms with Gasteiger partial charge in [0.15, 0.2) is 0 Å². The molecule has 2 amide bonds. The molecule has 0 aliphatic rings. The van der Waals surface area contributed by atoms with Crippen LogP contribution in [0.2, 0.25) is 0 Å². The number of halogens is 1. The van der Waals surface area contributed by atoms with Crippen molar-refractivity contribution in [3.05, 3.63) is 88.4 Å². The molecule has 0 aliphatic heterocycles. The molecule has 0 radical (unpaired) electrons. The summed E-state index contributed by atoms with van der Waals surface area (Å²) in [5.41, 5.74) is 3.45. The van der Waals surface area contributed by atoms with Crippen molar-refractivity contribution in [2.24, 2.45) is 0 Å². The summed E-state index contributed by atoms with van der Waals surface area (Å²) in [6.45, 7) is 1.89. The van der Waals surface area contributed by atoms with Gasteiger partial charge >= 0.3 is 0 Å². The minimum absolute atomic E-state index is 0.0988. The third-order valence-corrected chi connectivity index (χ3v) is 5.98. The minimum atomic E-state index is -0.229. The molecule has 0 aliphatic carbocycles. The lowest BCUT2D eigenvalue weighted by atomic mass is 10.1. The second-order valence-corrected chi connectivity index (χ2v) is 8.91. The fourth-order valence-corrected chi connectivity index (χ4v) is 3.75. The SMILES string of the molecule is Cc1ccc(NC(=O)CSc2nnc(-c3ccc(Br)cc3)o2)cc1NC(=O)c1ccccc1. The van der Waals surface area contributed by atoms with E-state index >= 15 is 0 Å². The maximum Gasteiger partial charge on any atom is 0.277 e. The average Bonchev–Trinajstić information content (AvgIpc) is 3.30. The highest BCUT2D eigenvalue weighted by molar-refractivity contribution is 9.10. The Morgan fingerprint density at radius 1 is 0.970 bits per heavy atom. The Labute approximate surface area is 203 Å². The Kier molecular flexibility index (Phi) is 7.21. The number of aryl methyl sites for hydroxylation is 1. The molecule has 4 rings (SSSR count). The van der Waals surface area contributed by atoms with E-state index in [0.29, 0.717) is 28.1 Å². The van der Waals surface area contributed by atoms with E-state index < -0.39 is 0 Å². The number of thioether (sulfide) groups is 1. The number of anilines is 2. The third kappa shape index (κ3) is 6.09. The molecule has 1 aromatic heterocycles. The number of hydrogen-bond acceptors (Lipinski definition) is 6. The van der Waals surface area contributed by atoms with Gasteiger partial charge in [0, 0.05) is 27.0 Å². The van der Waals surface area contributed by atoms with Gasteiger partial charge in [0.2, 0.25) is 11.8 Å². The zero-order chi connectivity index (χ0) is 23.2. The van der Waals surface area contributed by atoms with E-state index in [1.54, 1.807) is 36.4 Å². The van der Waals surface area contributed by atoms with Crippen molar-refractivity contribution in [3.63, 3.8) is 0 Å². The Hall–Kier alpha value is -3.43. The number of hydrogen-bond donors (Lipinski definition) is 2. The Bertz CT molecular complexity index is 1280. The van der Waals surface area contributed by atoms with Crippen molar-refractivity contribution in [1.82, 2.24) is 10.2 Å². The molecule has 1 heterocycles. The van der Waals surface area contributed by atoms with Gasteiger partial charge in [-0.1, -0.05) is 52.0 Å². The Morgan fingerprint density at radius 2 is 1.73 bits per heavy atom. The van der Waals surface area contributed by atoms with Crippen LogP contribution in [0.5, 0.6) is 0 Å². The summed E-state index contributed by atoms with van der Waals surface area (Å²) in [6.07, 6.45) is 0. The van der Waals surface area contributed by atoms with Crippen LogP contribution >= 0.6 is 27.7 Å². The lowest BCUT2D eigenvalue weighted by Crippen LogP contribution is -2.15. The molecule has 166 valence electrons. The molecular weight excluding hydrogens is 504 g/mol. The summed E-state index contributed by atoms with van der Waals surface area (Å²) < 4.78 is 6.58. The number of aromatic nitrogens is 2. The highest BCUT2D eigenvalue weighted by atomic mass is 79.9. The van der Waals surface area contributed by atoms with E-state index in [0.717, 1.165) is 27.4 Å². The van der Waals surface area contributed by atoms with E-state index in [2.05, 4.69) is 36.8 Å². The molecule has 33 heavy (non-hydrogen) atoms. The van der Waals surface area contributed by atoms with Gasteiger partial charge in [0.05, 0.1) is 5.75 Å². The molecule has 0 saturated heterocycles. The van der Waals surface area contributed by atoms with E-state index in [1.807, 2.05) is 43.3 Å². The summed E-state index contributed by atoms with van der Waals surface area (Å²) in [7, 11) is 0. The van der Waals surface area contributed by atoms with Crippen LogP contribution in [0, 0.1) is 6.92 Å². The van der Waals surface area contributed by atoms with Crippen LogP contribution in [0.4, 0.5) is 11.4 Å². The highest BCUT2D eigenvalue weighted by Gasteiger charge is 2.13. The molecule has 3 aromatic carbocycles. The van der Waals surface area contributed by atoms with E-state index in [4.69, 9.17) is 4.42 Å². The number of benzene rings is 3. The minimum Gasteiger partial charge on any atom is -0.411 e. The van der Waals surface area contributed by atoms with Crippen LogP contribution in [0.15, 0.2) is 86.9 Å². The topological polar surface area (TPSA) is 97.1 Å². The largest absolute Gasteiger partial charge is 0.411 e. The molecule has 0 atom stereocenters. The van der Waals surface area contributed by atoms with Crippen LogP contribution in [0.3, 0.4) is 0 Å². The fraction of sp³-hybridized carbons (Fsp3) is 0.0833. The standard InChI is InChI=1S/C24H19BrN4O3S/c1-15-7-12-19(13-20(15)27-22(31)16-5-3-2-4-6-16)26-21(30)14-33-24-29-28-23(32-24)17-8-10-18(25)11-9-17/h2-13H,14H2,1H3,(H,26,30)(H,27,31). The molecule has 0 spiro atoms. The number of nitrogens with one attached hydrogen (secondary N) is 2. The number of nitrogens with zero attached hydrogens (tertiary/aromatic N) is 2. The fourth-order valence-electron chi connectivity index (χ4n) is 2.92. The maximum atomic E-state index is 12.5. The van der Waals surface area contributed by atoms with Crippen LogP contribution in [-0.2, 0) is 4.79 Å². The van der Waals surface area contributed by atoms with Crippen LogP contribution < -0.4 is 10.6 Å². The van der Waals surface area contributed by atoms with Crippen LogP contribution in [0.25, 0.3) is 11.5 Å². The molecule has 4 aromatic rings. The summed E-state index contributed by atoms with van der Waals surface area (Å²) in [4.78, 5) is 24.9. The van der Waals surface area contributed by atoms with Crippen molar-refractivity contribution in [1.29, 1.82) is 0 Å². The van der Waals surface area contributed by atoms with Gasteiger partial charge < -0.3 is 15.1 Å². The molecule has 7 nitrogen and oxygen atoms in total. The first-order chi connectivity index (χ1) is 16.0. The van der Waals surface area contributed by atoms with E-state index in [9.17, 15) is 9.59 Å². The smallest absolute Gasteiger partial charge is 0.277 e. The van der Waals surface area contributed by atoms with E-state index in [1.165, 1.54) is 0 Å². The molecule has 9 heteroatoms. The maximum absolute atomic E-state index is 12.5. The molecule has 0 fully saturated rings. The van der Waals surface area contributed by atoms with Crippen molar-refractivity contribution in [3.8, 4) is 11.5 Å². The zero-order valence-electron chi connectivity index (χ0n) is 17.5. The summed E-state index contributed by atoms with van der Waals surface area (Å²) in [5, 5.41) is 14.0. The van der Waals surface area contributed by atoms with Gasteiger partial charge in [0.1, 0.15) is 0 Å². The number of carbonyl (C=O) groups excluding carboxylic acids is 2. The predicted molar refractivity (Wildman–Crippen MR) is 132 cm³/mol. The molecule has 0 unspecified atom stereocenters. The van der Waals surface area contributed by atoms with Gasteiger partial charge in [0.25, 0.3) is 11.1 Å². The summed E-state index contributed by atoms with van der Waals surface area (Å²) in [6, 6.07) is 21.8. The third-order valence-electron chi connectivity index (χ3n) is 4.63. The zero-order valence-corrected chi connectivity index (χ0v) is 19.9. The van der Waals surface area contributed by atoms with Crippen LogP contribution in [-0.4, -0.2) is 27.8 Å². The monoisotopic (exact) mass is 522 g/mol. The number of rotatable bonds is 7. The van der Waals surface area contributed by atoms with Crippen molar-refractivity contribution >= 4 is 50.9 Å². The molecule has 2 N–H and O–H groups in total.